The van der Waals surface area contributed by atoms with E-state index in [1.54, 1.807) is 29.1 Å². The van der Waals surface area contributed by atoms with Crippen molar-refractivity contribution in [2.45, 2.75) is 32.9 Å². The first-order chi connectivity index (χ1) is 13.4. The molecule has 0 radical (unpaired) electrons. The molecule has 3 aromatic rings. The third-order valence-corrected chi connectivity index (χ3v) is 4.35. The topological polar surface area (TPSA) is 82.4 Å². The highest BCUT2D eigenvalue weighted by molar-refractivity contribution is 6.01. The highest BCUT2D eigenvalue weighted by Gasteiger charge is 2.23. The van der Waals surface area contributed by atoms with Gasteiger partial charge in [-0.2, -0.15) is 5.10 Å². The largest absolute Gasteiger partial charge is 0.496 e. The van der Waals surface area contributed by atoms with Gasteiger partial charge in [0.1, 0.15) is 17.1 Å². The van der Waals surface area contributed by atoms with Crippen molar-refractivity contribution in [2.75, 3.05) is 12.4 Å². The Morgan fingerprint density at radius 3 is 2.39 bits per heavy atom. The van der Waals surface area contributed by atoms with Gasteiger partial charge in [-0.05, 0) is 43.7 Å². The number of aromatic nitrogens is 2. The molecule has 0 aliphatic heterocycles. The normalized spacial score (nSPS) is 12.0. The number of nitrogens with one attached hydrogen (secondary N) is 1. The molecule has 0 saturated carbocycles. The number of hydrogen-bond acceptors (Lipinski definition) is 5. The number of benzene rings is 2. The summed E-state index contributed by atoms with van der Waals surface area (Å²) in [7, 11) is 1.49. The molecule has 1 atom stereocenters. The molecule has 1 aromatic heterocycles. The van der Waals surface area contributed by atoms with Crippen molar-refractivity contribution in [3.63, 3.8) is 0 Å². The summed E-state index contributed by atoms with van der Waals surface area (Å²) in [4.78, 5) is 25.1. The first kappa shape index (κ1) is 19.4. The van der Waals surface area contributed by atoms with E-state index in [4.69, 9.17) is 9.47 Å². The average Bonchev–Trinajstić information content (AvgIpc) is 3.15. The van der Waals surface area contributed by atoms with Crippen molar-refractivity contribution < 1.29 is 19.1 Å². The van der Waals surface area contributed by atoms with Crippen molar-refractivity contribution in [1.82, 2.24) is 9.78 Å². The third-order valence-electron chi connectivity index (χ3n) is 4.35. The summed E-state index contributed by atoms with van der Waals surface area (Å²) in [5.41, 5.74) is 0.271. The minimum atomic E-state index is -0.987. The van der Waals surface area contributed by atoms with Gasteiger partial charge in [0.15, 0.2) is 6.10 Å². The van der Waals surface area contributed by atoms with E-state index in [1.807, 2.05) is 38.1 Å². The Kier molecular flexibility index (Phi) is 5.63. The van der Waals surface area contributed by atoms with E-state index in [-0.39, 0.29) is 11.6 Å². The van der Waals surface area contributed by atoms with Gasteiger partial charge in [0.05, 0.1) is 13.3 Å². The Morgan fingerprint density at radius 2 is 1.75 bits per heavy atom. The van der Waals surface area contributed by atoms with Crippen LogP contribution in [0.5, 0.6) is 5.75 Å². The number of hydrogen-bond donors (Lipinski definition) is 1. The number of carbonyl (C=O) groups is 2. The molecule has 7 heteroatoms. The molecule has 0 aliphatic rings. The van der Waals surface area contributed by atoms with Crippen LogP contribution >= 0.6 is 0 Å². The van der Waals surface area contributed by atoms with Gasteiger partial charge in [-0.15, -0.1) is 0 Å². The number of fused-ring (bicyclic) bond motifs is 1. The summed E-state index contributed by atoms with van der Waals surface area (Å²) >= 11 is 0. The van der Waals surface area contributed by atoms with E-state index in [9.17, 15) is 9.59 Å². The van der Waals surface area contributed by atoms with Gasteiger partial charge in [-0.25, -0.2) is 9.48 Å². The maximum absolute atomic E-state index is 12.7. The summed E-state index contributed by atoms with van der Waals surface area (Å²) < 4.78 is 12.4. The van der Waals surface area contributed by atoms with Crippen LogP contribution in [0.2, 0.25) is 0 Å². The fourth-order valence-electron chi connectivity index (χ4n) is 2.88. The van der Waals surface area contributed by atoms with Crippen molar-refractivity contribution in [2.24, 2.45) is 0 Å². The average molecular weight is 381 g/mol. The van der Waals surface area contributed by atoms with Crippen LogP contribution in [-0.4, -0.2) is 34.9 Å². The van der Waals surface area contributed by atoms with Gasteiger partial charge in [0.2, 0.25) is 0 Å². The number of rotatable bonds is 6. The molecule has 1 amide bonds. The van der Waals surface area contributed by atoms with Crippen molar-refractivity contribution in [3.05, 3.63) is 54.2 Å². The number of esters is 1. The van der Waals surface area contributed by atoms with E-state index in [0.29, 0.717) is 11.6 Å². The SMILES string of the molecule is COc1cc2ccccc2cc1C(=O)O[C@@H](C)C(=O)Nc1ccnn1C(C)C. The molecule has 1 heterocycles. The summed E-state index contributed by atoms with van der Waals surface area (Å²) in [5, 5.41) is 8.74. The van der Waals surface area contributed by atoms with E-state index < -0.39 is 18.0 Å². The molecular formula is C21H23N3O4. The standard InChI is InChI=1S/C21H23N3O4/c1-13(2)24-19(9-10-22-24)23-20(25)14(3)28-21(26)17-11-15-7-5-6-8-16(15)12-18(17)27-4/h5-14H,1-4H3,(H,23,25)/t14-/m0/s1. The molecule has 0 aliphatic carbocycles. The summed E-state index contributed by atoms with van der Waals surface area (Å²) in [6.45, 7) is 5.44. The highest BCUT2D eigenvalue weighted by atomic mass is 16.5. The maximum atomic E-state index is 12.7. The van der Waals surface area contributed by atoms with Gasteiger partial charge < -0.3 is 14.8 Å². The molecule has 0 saturated heterocycles. The van der Waals surface area contributed by atoms with Crippen LogP contribution in [0.3, 0.4) is 0 Å². The third kappa shape index (κ3) is 3.98. The van der Waals surface area contributed by atoms with Gasteiger partial charge in [0.25, 0.3) is 5.91 Å². The van der Waals surface area contributed by atoms with Crippen LogP contribution in [0.25, 0.3) is 10.8 Å². The van der Waals surface area contributed by atoms with E-state index in [0.717, 1.165) is 10.8 Å². The molecular weight excluding hydrogens is 358 g/mol. The molecule has 0 spiro atoms. The first-order valence-electron chi connectivity index (χ1n) is 9.03. The second-order valence-electron chi connectivity index (χ2n) is 6.69. The molecule has 7 nitrogen and oxygen atoms in total. The van der Waals surface area contributed by atoms with Crippen LogP contribution < -0.4 is 10.1 Å². The van der Waals surface area contributed by atoms with Gasteiger partial charge in [0, 0.05) is 12.1 Å². The molecule has 28 heavy (non-hydrogen) atoms. The molecule has 146 valence electrons. The maximum Gasteiger partial charge on any atom is 0.342 e. The Hall–Kier alpha value is -3.35. The van der Waals surface area contributed by atoms with Gasteiger partial charge >= 0.3 is 5.97 Å². The Morgan fingerprint density at radius 1 is 1.07 bits per heavy atom. The Balaban J connectivity index is 1.75. The van der Waals surface area contributed by atoms with Gasteiger partial charge in [-0.3, -0.25) is 4.79 Å². The lowest BCUT2D eigenvalue weighted by atomic mass is 10.1. The minimum absolute atomic E-state index is 0.0880. The molecule has 3 rings (SSSR count). The number of carbonyl (C=O) groups excluding carboxylic acids is 2. The fourth-order valence-corrected chi connectivity index (χ4v) is 2.88. The zero-order valence-corrected chi connectivity index (χ0v) is 16.3. The molecule has 0 bridgehead atoms. The van der Waals surface area contributed by atoms with Crippen LogP contribution in [0.4, 0.5) is 5.82 Å². The Labute approximate surface area is 163 Å². The quantitative estimate of drug-likeness (QED) is 0.657. The predicted octanol–water partition coefficient (Wildman–Crippen LogP) is 3.81. The van der Waals surface area contributed by atoms with Crippen molar-refractivity contribution in [1.29, 1.82) is 0 Å². The number of nitrogens with zero attached hydrogens (tertiary/aromatic N) is 2. The lowest BCUT2D eigenvalue weighted by molar-refractivity contribution is -0.123. The van der Waals surface area contributed by atoms with Crippen LogP contribution in [0, 0.1) is 0 Å². The first-order valence-corrected chi connectivity index (χ1v) is 9.03. The number of amides is 1. The lowest BCUT2D eigenvalue weighted by Gasteiger charge is -2.16. The van der Waals surface area contributed by atoms with Gasteiger partial charge in [-0.1, -0.05) is 24.3 Å². The molecule has 0 fully saturated rings. The molecule has 1 N–H and O–H groups in total. The fraction of sp³-hybridized carbons (Fsp3) is 0.286. The number of anilines is 1. The van der Waals surface area contributed by atoms with Crippen molar-refractivity contribution >= 4 is 28.5 Å². The van der Waals surface area contributed by atoms with Crippen LogP contribution in [-0.2, 0) is 9.53 Å². The van der Waals surface area contributed by atoms with E-state index >= 15 is 0 Å². The van der Waals surface area contributed by atoms with Crippen LogP contribution in [0.15, 0.2) is 48.7 Å². The number of methoxy groups -OCH3 is 1. The zero-order chi connectivity index (χ0) is 20.3. The molecule has 0 unspecified atom stereocenters. The Bertz CT molecular complexity index is 1010. The van der Waals surface area contributed by atoms with E-state index in [1.165, 1.54) is 14.0 Å². The van der Waals surface area contributed by atoms with Crippen molar-refractivity contribution in [3.8, 4) is 5.75 Å². The highest BCUT2D eigenvalue weighted by Crippen LogP contribution is 2.27. The lowest BCUT2D eigenvalue weighted by Crippen LogP contribution is -2.31. The summed E-state index contributed by atoms with van der Waals surface area (Å²) in [6.07, 6.45) is 0.617. The van der Waals surface area contributed by atoms with Crippen LogP contribution in [0.1, 0.15) is 37.2 Å². The smallest absolute Gasteiger partial charge is 0.342 e. The zero-order valence-electron chi connectivity index (χ0n) is 16.3. The summed E-state index contributed by atoms with van der Waals surface area (Å²) in [6, 6.07) is 12.9. The number of ether oxygens (including phenoxy) is 2. The summed E-state index contributed by atoms with van der Waals surface area (Å²) in [5.74, 6) is -0.112. The monoisotopic (exact) mass is 381 g/mol. The predicted molar refractivity (Wildman–Crippen MR) is 107 cm³/mol. The minimum Gasteiger partial charge on any atom is -0.496 e. The molecule has 2 aromatic carbocycles. The van der Waals surface area contributed by atoms with E-state index in [2.05, 4.69) is 10.4 Å². The second-order valence-corrected chi connectivity index (χ2v) is 6.69. The second kappa shape index (κ2) is 8.12.